The van der Waals surface area contributed by atoms with E-state index in [4.69, 9.17) is 48.5 Å². The van der Waals surface area contributed by atoms with Gasteiger partial charge in [-0.3, -0.25) is 19.2 Å². The van der Waals surface area contributed by atoms with Crippen molar-refractivity contribution in [2.24, 2.45) is 28.7 Å². The molecule has 0 rings (SSSR count). The molecule has 0 aliphatic heterocycles. The highest BCUT2D eigenvalue weighted by molar-refractivity contribution is 7.98. The highest BCUT2D eigenvalue weighted by atomic mass is 32.2. The number of nitrogens with two attached hydrogens (primary N) is 5. The summed E-state index contributed by atoms with van der Waals surface area (Å²) in [6.45, 7) is 1.66. The van der Waals surface area contributed by atoms with Crippen molar-refractivity contribution in [2.75, 3.05) is 25.1 Å². The van der Waals surface area contributed by atoms with Gasteiger partial charge in [0.1, 0.15) is 18.1 Å². The quantitative estimate of drug-likeness (QED) is 0.126. The van der Waals surface area contributed by atoms with Crippen molar-refractivity contribution in [3.05, 3.63) is 0 Å². The van der Waals surface area contributed by atoms with Gasteiger partial charge in [-0.2, -0.15) is 11.8 Å². The lowest BCUT2D eigenvalue weighted by Crippen LogP contribution is -2.39. The zero-order chi connectivity index (χ0) is 26.3. The van der Waals surface area contributed by atoms with Crippen LogP contribution in [0.4, 0.5) is 0 Å². The van der Waals surface area contributed by atoms with Crippen LogP contribution in [0.15, 0.2) is 0 Å². The number of hydrogen-bond acceptors (Lipinski definition) is 11. The van der Waals surface area contributed by atoms with Gasteiger partial charge >= 0.3 is 23.9 Å². The first-order valence-electron chi connectivity index (χ1n) is 9.43. The van der Waals surface area contributed by atoms with Gasteiger partial charge in [0.15, 0.2) is 0 Å². The number of aliphatic hydroxyl groups excluding tert-OH is 1. The lowest BCUT2D eigenvalue weighted by molar-refractivity contribution is -0.141. The van der Waals surface area contributed by atoms with Crippen LogP contribution in [0.25, 0.3) is 0 Å². The topological polar surface area (TPSA) is 300 Å². The van der Waals surface area contributed by atoms with E-state index in [1.807, 2.05) is 6.26 Å². The first-order valence-corrected chi connectivity index (χ1v) is 10.8. The molecule has 192 valence electrons. The highest BCUT2D eigenvalue weighted by Gasteiger charge is 2.16. The van der Waals surface area contributed by atoms with Crippen LogP contribution in [0.2, 0.25) is 0 Å². The van der Waals surface area contributed by atoms with E-state index in [-0.39, 0.29) is 6.54 Å². The smallest absolute Gasteiger partial charge is 0.323 e. The third-order valence-corrected chi connectivity index (χ3v) is 3.86. The number of carboxylic acids is 4. The summed E-state index contributed by atoms with van der Waals surface area (Å²) in [6.07, 6.45) is 3.66. The number of unbranched alkanes of at least 4 members (excludes halogenated alkanes) is 1. The maximum absolute atomic E-state index is 10.1. The Labute approximate surface area is 191 Å². The van der Waals surface area contributed by atoms with E-state index in [0.717, 1.165) is 18.6 Å². The molecule has 0 aliphatic rings. The fourth-order valence-electron chi connectivity index (χ4n) is 1.21. The molecule has 0 saturated heterocycles. The number of aliphatic carboxylic acids is 4. The first-order chi connectivity index (χ1) is 14.7. The van der Waals surface area contributed by atoms with Crippen LogP contribution in [0, 0.1) is 0 Å². The maximum Gasteiger partial charge on any atom is 0.323 e. The molecular weight excluding hydrogens is 450 g/mol. The van der Waals surface area contributed by atoms with Crippen LogP contribution >= 0.6 is 11.8 Å². The van der Waals surface area contributed by atoms with Gasteiger partial charge in [0.2, 0.25) is 0 Å². The van der Waals surface area contributed by atoms with Crippen LogP contribution in [-0.4, -0.2) is 98.7 Å². The van der Waals surface area contributed by atoms with Gasteiger partial charge in [-0.25, -0.2) is 0 Å². The zero-order valence-corrected chi connectivity index (χ0v) is 19.2. The molecule has 0 fully saturated rings. The molecule has 0 aromatic carbocycles. The Hall–Kier alpha value is -2.01. The van der Waals surface area contributed by atoms with Crippen molar-refractivity contribution in [2.45, 2.75) is 56.8 Å². The molecular formula is C17H39N5O9S. The predicted octanol–water partition coefficient (Wildman–Crippen LogP) is -2.51. The average molecular weight is 490 g/mol. The normalized spacial score (nSPS) is 13.2. The Bertz CT molecular complexity index is 513. The van der Waals surface area contributed by atoms with E-state index < -0.39 is 48.1 Å². The molecule has 15 N–H and O–H groups in total. The monoisotopic (exact) mass is 489 g/mol. The molecule has 4 atom stereocenters. The van der Waals surface area contributed by atoms with E-state index in [9.17, 15) is 19.2 Å². The minimum absolute atomic E-state index is 0.278. The molecule has 14 nitrogen and oxygen atoms in total. The second kappa shape index (κ2) is 25.3. The molecule has 0 aromatic rings. The van der Waals surface area contributed by atoms with Crippen LogP contribution in [-0.2, 0) is 19.2 Å². The fourth-order valence-corrected chi connectivity index (χ4v) is 1.70. The molecule has 0 spiro atoms. The summed E-state index contributed by atoms with van der Waals surface area (Å²) in [4.78, 5) is 39.3. The van der Waals surface area contributed by atoms with Crippen molar-refractivity contribution >= 4 is 35.6 Å². The first kappa shape index (κ1) is 37.3. The Morgan fingerprint density at radius 1 is 0.812 bits per heavy atom. The van der Waals surface area contributed by atoms with E-state index in [1.54, 1.807) is 11.8 Å². The van der Waals surface area contributed by atoms with Crippen molar-refractivity contribution in [1.29, 1.82) is 0 Å². The Morgan fingerprint density at radius 3 is 1.44 bits per heavy atom. The van der Waals surface area contributed by atoms with Gasteiger partial charge in [0.05, 0.1) is 12.6 Å². The summed E-state index contributed by atoms with van der Waals surface area (Å²) in [6, 6.07) is -2.56. The molecule has 0 amide bonds. The number of carboxylic acid groups (broad SMARTS) is 4. The van der Waals surface area contributed by atoms with Gasteiger partial charge in [-0.05, 0) is 44.7 Å². The largest absolute Gasteiger partial charge is 0.480 e. The number of carbonyl (C=O) groups is 4. The minimum atomic E-state index is -1.18. The average Bonchev–Trinajstić information content (AvgIpc) is 2.72. The summed E-state index contributed by atoms with van der Waals surface area (Å²) < 4.78 is 0. The Morgan fingerprint density at radius 2 is 1.22 bits per heavy atom. The number of aliphatic hydroxyl groups is 1. The van der Waals surface area contributed by atoms with Crippen molar-refractivity contribution in [1.82, 2.24) is 0 Å². The Balaban J connectivity index is -0.000000168. The summed E-state index contributed by atoms with van der Waals surface area (Å²) in [5, 5.41) is 40.7. The highest BCUT2D eigenvalue weighted by Crippen LogP contribution is 1.98. The summed E-state index contributed by atoms with van der Waals surface area (Å²) in [5.74, 6) is -3.18. The van der Waals surface area contributed by atoms with Crippen LogP contribution < -0.4 is 28.7 Å². The maximum atomic E-state index is 10.1. The molecule has 0 aliphatic carbocycles. The molecule has 0 aromatic heterocycles. The van der Waals surface area contributed by atoms with E-state index in [0.29, 0.717) is 19.4 Å². The van der Waals surface area contributed by atoms with Crippen molar-refractivity contribution < 1.29 is 44.7 Å². The fraction of sp³-hybridized carbons (Fsp3) is 0.765. The molecule has 4 unspecified atom stereocenters. The van der Waals surface area contributed by atoms with E-state index in [2.05, 4.69) is 5.73 Å². The predicted molar refractivity (Wildman–Crippen MR) is 121 cm³/mol. The van der Waals surface area contributed by atoms with Gasteiger partial charge in [0.25, 0.3) is 0 Å². The molecule has 32 heavy (non-hydrogen) atoms. The Kier molecular flexibility index (Phi) is 29.4. The van der Waals surface area contributed by atoms with Gasteiger partial charge in [-0.15, -0.1) is 0 Å². The molecule has 0 radical (unpaired) electrons. The minimum Gasteiger partial charge on any atom is -0.480 e. The lowest BCUT2D eigenvalue weighted by Gasteiger charge is -2.06. The summed E-state index contributed by atoms with van der Waals surface area (Å²) in [7, 11) is 0. The molecule has 0 bridgehead atoms. The second-order valence-electron chi connectivity index (χ2n) is 6.16. The van der Waals surface area contributed by atoms with Crippen LogP contribution in [0.5, 0.6) is 0 Å². The number of thioether (sulfide) groups is 1. The van der Waals surface area contributed by atoms with E-state index >= 15 is 0 Å². The number of hydrogen-bond donors (Lipinski definition) is 10. The lowest BCUT2D eigenvalue weighted by atomic mass is 10.1. The van der Waals surface area contributed by atoms with Gasteiger partial charge in [-0.1, -0.05) is 6.42 Å². The summed E-state index contributed by atoms with van der Waals surface area (Å²) in [5.41, 5.74) is 25.1. The molecule has 0 heterocycles. The van der Waals surface area contributed by atoms with Crippen molar-refractivity contribution in [3.63, 3.8) is 0 Å². The molecule has 15 heteroatoms. The van der Waals surface area contributed by atoms with E-state index in [1.165, 1.54) is 6.92 Å². The van der Waals surface area contributed by atoms with Gasteiger partial charge in [0, 0.05) is 0 Å². The molecule has 0 saturated carbocycles. The second-order valence-corrected chi connectivity index (χ2v) is 7.14. The third-order valence-electron chi connectivity index (χ3n) is 3.22. The third kappa shape index (κ3) is 32.6. The van der Waals surface area contributed by atoms with Crippen molar-refractivity contribution in [3.8, 4) is 0 Å². The summed E-state index contributed by atoms with van der Waals surface area (Å²) >= 11 is 1.60. The SMILES string of the molecule is CC(O)C(N)C(=O)O.CSCCC(N)C(=O)O.NCC(=O)O.NCCCCC(N)C(=O)O. The zero-order valence-electron chi connectivity index (χ0n) is 18.4. The number of rotatable bonds is 12. The van der Waals surface area contributed by atoms with Crippen LogP contribution in [0.1, 0.15) is 32.6 Å². The van der Waals surface area contributed by atoms with Crippen LogP contribution in [0.3, 0.4) is 0 Å². The standard InChI is InChI=1S/C6H14N2O2.C5H11NO2S.C4H9NO3.C2H5NO2/c7-4-2-1-3-5(8)6(9)10;1-9-3-2-4(6)5(7)8;1-2(6)3(5)4(7)8;3-1-2(4)5/h5H,1-4,7-8H2,(H,9,10);4H,2-3,6H2,1H3,(H,7,8);2-3,6H,5H2,1H3,(H,7,8);1,3H2,(H,4,5). The van der Waals surface area contributed by atoms with Gasteiger partial charge < -0.3 is 54.2 Å².